The molecule has 2 aromatic rings. The van der Waals surface area contributed by atoms with Crippen molar-refractivity contribution in [2.75, 3.05) is 0 Å². The molecular weight excluding hydrogens is 222 g/mol. The van der Waals surface area contributed by atoms with Gasteiger partial charge in [-0.3, -0.25) is 0 Å². The fraction of sp³-hybridized carbons (Fsp3) is 0.400. The van der Waals surface area contributed by atoms with E-state index in [1.54, 1.807) is 0 Å². The van der Waals surface area contributed by atoms with Gasteiger partial charge in [0.15, 0.2) is 0 Å². The van der Waals surface area contributed by atoms with Crippen LogP contribution < -0.4 is 5.32 Å². The Balaban J connectivity index is 2.65. The molecule has 0 aliphatic rings. The molecule has 0 fully saturated rings. The van der Waals surface area contributed by atoms with Gasteiger partial charge in [-0.15, -0.1) is 0 Å². The third kappa shape index (κ3) is 2.00. The minimum atomic E-state index is 0.413. The molecular formula is C15H19N3. The molecule has 0 saturated carbocycles. The van der Waals surface area contributed by atoms with Crippen LogP contribution in [-0.2, 0) is 13.6 Å². The second-order valence-electron chi connectivity index (χ2n) is 5.00. The van der Waals surface area contributed by atoms with Crippen LogP contribution >= 0.6 is 0 Å². The Morgan fingerprint density at radius 3 is 2.72 bits per heavy atom. The summed E-state index contributed by atoms with van der Waals surface area (Å²) in [7, 11) is 1.96. The molecule has 3 heteroatoms. The third-order valence-corrected chi connectivity index (χ3v) is 3.33. The van der Waals surface area contributed by atoms with Crippen LogP contribution in [0.15, 0.2) is 18.2 Å². The lowest BCUT2D eigenvalue weighted by Crippen LogP contribution is -2.22. The normalized spacial score (nSPS) is 11.1. The van der Waals surface area contributed by atoms with Crippen LogP contribution in [0.1, 0.15) is 30.7 Å². The number of hydrogen-bond acceptors (Lipinski definition) is 2. The fourth-order valence-corrected chi connectivity index (χ4v) is 2.39. The van der Waals surface area contributed by atoms with Gasteiger partial charge in [0.05, 0.1) is 0 Å². The lowest BCUT2D eigenvalue weighted by atomic mass is 10.1. The maximum absolute atomic E-state index is 9.36. The number of nitriles is 1. The highest BCUT2D eigenvalue weighted by Gasteiger charge is 2.16. The number of rotatable bonds is 3. The van der Waals surface area contributed by atoms with Crippen LogP contribution in [0.5, 0.6) is 0 Å². The quantitative estimate of drug-likeness (QED) is 0.897. The highest BCUT2D eigenvalue weighted by molar-refractivity contribution is 5.89. The van der Waals surface area contributed by atoms with Gasteiger partial charge < -0.3 is 9.88 Å². The van der Waals surface area contributed by atoms with E-state index in [0.717, 1.165) is 23.3 Å². The van der Waals surface area contributed by atoms with Gasteiger partial charge in [-0.2, -0.15) is 5.26 Å². The van der Waals surface area contributed by atoms with Crippen molar-refractivity contribution in [1.82, 2.24) is 9.88 Å². The molecule has 0 spiro atoms. The standard InChI is InChI=1S/C15H19N3/c1-10(2)17-9-12-14(8-16)18(4)13-7-5-6-11(3)15(12)13/h5-7,10,17H,9H2,1-4H3. The second kappa shape index (κ2) is 4.83. The van der Waals surface area contributed by atoms with Gasteiger partial charge in [0.25, 0.3) is 0 Å². The molecule has 18 heavy (non-hydrogen) atoms. The van der Waals surface area contributed by atoms with Crippen molar-refractivity contribution in [3.05, 3.63) is 35.0 Å². The summed E-state index contributed by atoms with van der Waals surface area (Å²) in [5.74, 6) is 0. The first-order valence-electron chi connectivity index (χ1n) is 6.26. The number of aromatic nitrogens is 1. The Hall–Kier alpha value is -1.79. The van der Waals surface area contributed by atoms with Crippen LogP contribution in [0, 0.1) is 18.3 Å². The summed E-state index contributed by atoms with van der Waals surface area (Å²) < 4.78 is 1.99. The second-order valence-corrected chi connectivity index (χ2v) is 5.00. The molecule has 0 radical (unpaired) electrons. The zero-order valence-electron chi connectivity index (χ0n) is 11.4. The first kappa shape index (κ1) is 12.7. The SMILES string of the molecule is Cc1cccc2c1c(CNC(C)C)c(C#N)n2C. The Bertz CT molecular complexity index is 615. The van der Waals surface area contributed by atoms with E-state index in [1.807, 2.05) is 17.7 Å². The van der Waals surface area contributed by atoms with Crippen molar-refractivity contribution < 1.29 is 0 Å². The molecule has 2 rings (SSSR count). The smallest absolute Gasteiger partial charge is 0.125 e. The van der Waals surface area contributed by atoms with Crippen LogP contribution in [-0.4, -0.2) is 10.6 Å². The van der Waals surface area contributed by atoms with Crippen LogP contribution in [0.4, 0.5) is 0 Å². The van der Waals surface area contributed by atoms with Gasteiger partial charge >= 0.3 is 0 Å². The van der Waals surface area contributed by atoms with Gasteiger partial charge in [0.2, 0.25) is 0 Å². The zero-order chi connectivity index (χ0) is 13.3. The van der Waals surface area contributed by atoms with E-state index < -0.39 is 0 Å². The largest absolute Gasteiger partial charge is 0.335 e. The molecule has 1 N–H and O–H groups in total. The Kier molecular flexibility index (Phi) is 3.40. The molecule has 94 valence electrons. The molecule has 1 heterocycles. The molecule has 0 bridgehead atoms. The number of nitrogens with one attached hydrogen (secondary N) is 1. The van der Waals surface area contributed by atoms with Crippen LogP contribution in [0.3, 0.4) is 0 Å². The van der Waals surface area contributed by atoms with Crippen molar-refractivity contribution in [2.24, 2.45) is 7.05 Å². The van der Waals surface area contributed by atoms with E-state index in [1.165, 1.54) is 10.9 Å². The summed E-state index contributed by atoms with van der Waals surface area (Å²) in [5, 5.41) is 14.0. The van der Waals surface area contributed by atoms with E-state index in [2.05, 4.69) is 44.3 Å². The topological polar surface area (TPSA) is 40.8 Å². The van der Waals surface area contributed by atoms with E-state index in [4.69, 9.17) is 0 Å². The average Bonchev–Trinajstić information content (AvgIpc) is 2.61. The van der Waals surface area contributed by atoms with Gasteiger partial charge in [-0.1, -0.05) is 26.0 Å². The molecule has 0 aliphatic carbocycles. The minimum absolute atomic E-state index is 0.413. The minimum Gasteiger partial charge on any atom is -0.335 e. The predicted molar refractivity (Wildman–Crippen MR) is 74.3 cm³/mol. The van der Waals surface area contributed by atoms with Crippen molar-refractivity contribution in [2.45, 2.75) is 33.4 Å². The third-order valence-electron chi connectivity index (χ3n) is 3.33. The number of fused-ring (bicyclic) bond motifs is 1. The predicted octanol–water partition coefficient (Wildman–Crippen LogP) is 2.86. The van der Waals surface area contributed by atoms with Crippen LogP contribution in [0.25, 0.3) is 10.9 Å². The first-order valence-corrected chi connectivity index (χ1v) is 6.26. The zero-order valence-corrected chi connectivity index (χ0v) is 11.4. The number of hydrogen-bond donors (Lipinski definition) is 1. The molecule has 3 nitrogen and oxygen atoms in total. The number of nitrogens with zero attached hydrogens (tertiary/aromatic N) is 2. The van der Waals surface area contributed by atoms with Gasteiger partial charge in [-0.05, 0) is 18.6 Å². The molecule has 0 unspecified atom stereocenters. The highest BCUT2D eigenvalue weighted by Crippen LogP contribution is 2.27. The van der Waals surface area contributed by atoms with Crippen molar-refractivity contribution in [1.29, 1.82) is 5.26 Å². The molecule has 1 aromatic heterocycles. The van der Waals surface area contributed by atoms with Gasteiger partial charge in [0.1, 0.15) is 11.8 Å². The molecule has 0 saturated heterocycles. The van der Waals surface area contributed by atoms with Crippen molar-refractivity contribution in [3.63, 3.8) is 0 Å². The van der Waals surface area contributed by atoms with E-state index in [-0.39, 0.29) is 0 Å². The summed E-state index contributed by atoms with van der Waals surface area (Å²) in [5.41, 5.74) is 4.23. The Labute approximate surface area is 108 Å². The number of aryl methyl sites for hydroxylation is 2. The first-order chi connectivity index (χ1) is 8.56. The molecule has 0 amide bonds. The molecule has 0 aliphatic heterocycles. The van der Waals surface area contributed by atoms with Gasteiger partial charge in [0, 0.05) is 36.1 Å². The summed E-state index contributed by atoms with van der Waals surface area (Å²) in [4.78, 5) is 0. The van der Waals surface area contributed by atoms with E-state index in [0.29, 0.717) is 6.04 Å². The summed E-state index contributed by atoms with van der Waals surface area (Å²) >= 11 is 0. The van der Waals surface area contributed by atoms with Crippen LogP contribution in [0.2, 0.25) is 0 Å². The lowest BCUT2D eigenvalue weighted by molar-refractivity contribution is 0.589. The lowest BCUT2D eigenvalue weighted by Gasteiger charge is -2.08. The Morgan fingerprint density at radius 1 is 1.39 bits per heavy atom. The monoisotopic (exact) mass is 241 g/mol. The summed E-state index contributed by atoms with van der Waals surface area (Å²) in [6, 6.07) is 8.95. The molecule has 1 aromatic carbocycles. The number of benzene rings is 1. The van der Waals surface area contributed by atoms with Crippen molar-refractivity contribution >= 4 is 10.9 Å². The summed E-state index contributed by atoms with van der Waals surface area (Å²) in [6.07, 6.45) is 0. The van der Waals surface area contributed by atoms with Gasteiger partial charge in [-0.25, -0.2) is 0 Å². The maximum Gasteiger partial charge on any atom is 0.125 e. The van der Waals surface area contributed by atoms with E-state index in [9.17, 15) is 5.26 Å². The van der Waals surface area contributed by atoms with Crippen molar-refractivity contribution in [3.8, 4) is 6.07 Å². The van der Waals surface area contributed by atoms with E-state index >= 15 is 0 Å². The molecule has 0 atom stereocenters. The maximum atomic E-state index is 9.36. The fourth-order valence-electron chi connectivity index (χ4n) is 2.39. The highest BCUT2D eigenvalue weighted by atomic mass is 15.0. The average molecular weight is 241 g/mol. The summed E-state index contributed by atoms with van der Waals surface area (Å²) in [6.45, 7) is 7.07. The Morgan fingerprint density at radius 2 is 2.11 bits per heavy atom.